The average Bonchev–Trinajstić information content (AvgIpc) is 2.27. The van der Waals surface area contributed by atoms with Gasteiger partial charge >= 0.3 is 0 Å². The van der Waals surface area contributed by atoms with Crippen molar-refractivity contribution in [3.8, 4) is 0 Å². The van der Waals surface area contributed by atoms with Crippen LogP contribution in [-0.2, 0) is 6.42 Å². The Morgan fingerprint density at radius 3 is 2.07 bits per heavy atom. The molecule has 0 heterocycles. The second kappa shape index (κ2) is 5.32. The zero-order chi connectivity index (χ0) is 11.3. The Kier molecular flexibility index (Phi) is 4.34. The molecule has 1 aromatic carbocycles. The maximum absolute atomic E-state index is 9.92. The number of aliphatic hydroxyl groups is 1. The molecule has 0 bridgehead atoms. The molecule has 0 aliphatic carbocycles. The predicted molar refractivity (Wildman–Crippen MR) is 64.8 cm³/mol. The van der Waals surface area contributed by atoms with E-state index >= 15 is 0 Å². The highest BCUT2D eigenvalue weighted by atomic mass is 16.3. The Morgan fingerprint density at radius 1 is 1.13 bits per heavy atom. The van der Waals surface area contributed by atoms with Crippen LogP contribution < -0.4 is 0 Å². The third kappa shape index (κ3) is 2.82. The van der Waals surface area contributed by atoms with Crippen LogP contribution >= 0.6 is 0 Å². The van der Waals surface area contributed by atoms with Crippen LogP contribution in [-0.4, -0.2) is 11.2 Å². The molecule has 0 amide bonds. The molecule has 0 fully saturated rings. The van der Waals surface area contributed by atoms with Crippen molar-refractivity contribution < 1.29 is 5.11 Å². The number of aliphatic hydroxyl groups excluding tert-OH is 1. The second-order valence-corrected chi connectivity index (χ2v) is 4.41. The summed E-state index contributed by atoms with van der Waals surface area (Å²) in [4.78, 5) is 0. The van der Waals surface area contributed by atoms with Gasteiger partial charge in [0.05, 0.1) is 6.10 Å². The Labute approximate surface area is 93.1 Å². The summed E-state index contributed by atoms with van der Waals surface area (Å²) in [5.74, 6) is 0. The molecule has 0 aromatic heterocycles. The highest BCUT2D eigenvalue weighted by Crippen LogP contribution is 2.34. The van der Waals surface area contributed by atoms with Crippen molar-refractivity contribution in [3.05, 3.63) is 35.9 Å². The van der Waals surface area contributed by atoms with Crippen LogP contribution in [0.25, 0.3) is 0 Å². The summed E-state index contributed by atoms with van der Waals surface area (Å²) in [6.07, 6.45) is 2.78. The van der Waals surface area contributed by atoms with Crippen LogP contribution in [0.5, 0.6) is 0 Å². The molecule has 1 atom stereocenters. The molecule has 0 saturated carbocycles. The predicted octanol–water partition coefficient (Wildman–Crippen LogP) is 3.42. The SMILES string of the molecule is CCC(CC)(Cc1ccccc1)C(C)O. The first-order valence-electron chi connectivity index (χ1n) is 5.86. The van der Waals surface area contributed by atoms with Gasteiger partial charge in [-0.25, -0.2) is 0 Å². The van der Waals surface area contributed by atoms with Crippen molar-refractivity contribution in [2.45, 2.75) is 46.1 Å². The Bertz CT molecular complexity index is 273. The van der Waals surface area contributed by atoms with Crippen LogP contribution in [0.4, 0.5) is 0 Å². The van der Waals surface area contributed by atoms with Gasteiger partial charge in [-0.1, -0.05) is 44.2 Å². The zero-order valence-corrected chi connectivity index (χ0v) is 10.0. The van der Waals surface area contributed by atoms with Gasteiger partial charge in [0.15, 0.2) is 0 Å². The summed E-state index contributed by atoms with van der Waals surface area (Å²) in [6, 6.07) is 10.4. The monoisotopic (exact) mass is 206 g/mol. The first-order valence-corrected chi connectivity index (χ1v) is 5.86. The molecular formula is C14H22O. The lowest BCUT2D eigenvalue weighted by atomic mass is 9.73. The first-order chi connectivity index (χ1) is 7.14. The lowest BCUT2D eigenvalue weighted by Crippen LogP contribution is -2.34. The van der Waals surface area contributed by atoms with Gasteiger partial charge in [-0.15, -0.1) is 0 Å². The van der Waals surface area contributed by atoms with E-state index in [4.69, 9.17) is 0 Å². The van der Waals surface area contributed by atoms with Gasteiger partial charge in [-0.05, 0) is 37.2 Å². The van der Waals surface area contributed by atoms with E-state index in [0.29, 0.717) is 0 Å². The van der Waals surface area contributed by atoms with Crippen molar-refractivity contribution in [2.75, 3.05) is 0 Å². The van der Waals surface area contributed by atoms with Gasteiger partial charge in [-0.2, -0.15) is 0 Å². The van der Waals surface area contributed by atoms with E-state index in [1.54, 1.807) is 0 Å². The molecule has 1 nitrogen and oxygen atoms in total. The zero-order valence-electron chi connectivity index (χ0n) is 10.0. The minimum absolute atomic E-state index is 0.0430. The molecule has 84 valence electrons. The molecule has 1 unspecified atom stereocenters. The summed E-state index contributed by atoms with van der Waals surface area (Å²) >= 11 is 0. The van der Waals surface area contributed by atoms with E-state index in [1.165, 1.54) is 5.56 Å². The Balaban J connectivity index is 2.84. The van der Waals surface area contributed by atoms with E-state index in [1.807, 2.05) is 13.0 Å². The molecule has 0 spiro atoms. The van der Waals surface area contributed by atoms with E-state index in [9.17, 15) is 5.11 Å². The molecule has 0 radical (unpaired) electrons. The summed E-state index contributed by atoms with van der Waals surface area (Å²) in [6.45, 7) is 6.24. The fraction of sp³-hybridized carbons (Fsp3) is 0.571. The fourth-order valence-corrected chi connectivity index (χ4v) is 2.24. The minimum atomic E-state index is -0.243. The van der Waals surface area contributed by atoms with Crippen molar-refractivity contribution >= 4 is 0 Å². The molecule has 1 heteroatoms. The van der Waals surface area contributed by atoms with Crippen molar-refractivity contribution in [2.24, 2.45) is 5.41 Å². The number of hydrogen-bond acceptors (Lipinski definition) is 1. The van der Waals surface area contributed by atoms with E-state index < -0.39 is 0 Å². The number of hydrogen-bond donors (Lipinski definition) is 1. The van der Waals surface area contributed by atoms with E-state index in [-0.39, 0.29) is 11.5 Å². The van der Waals surface area contributed by atoms with Crippen molar-refractivity contribution in [3.63, 3.8) is 0 Å². The lowest BCUT2D eigenvalue weighted by molar-refractivity contribution is 0.0316. The summed E-state index contributed by atoms with van der Waals surface area (Å²) in [5, 5.41) is 9.92. The van der Waals surface area contributed by atoms with Crippen LogP contribution in [0, 0.1) is 5.41 Å². The average molecular weight is 206 g/mol. The van der Waals surface area contributed by atoms with Gasteiger partial charge in [0, 0.05) is 0 Å². The molecule has 1 aromatic rings. The third-order valence-electron chi connectivity index (χ3n) is 3.69. The van der Waals surface area contributed by atoms with Crippen LogP contribution in [0.1, 0.15) is 39.2 Å². The summed E-state index contributed by atoms with van der Waals surface area (Å²) in [5.41, 5.74) is 1.36. The number of rotatable bonds is 5. The number of benzene rings is 1. The van der Waals surface area contributed by atoms with Gasteiger partial charge in [-0.3, -0.25) is 0 Å². The van der Waals surface area contributed by atoms with Crippen LogP contribution in [0.2, 0.25) is 0 Å². The van der Waals surface area contributed by atoms with Gasteiger partial charge < -0.3 is 5.11 Å². The molecule has 0 saturated heterocycles. The van der Waals surface area contributed by atoms with Gasteiger partial charge in [0.1, 0.15) is 0 Å². The van der Waals surface area contributed by atoms with Crippen molar-refractivity contribution in [1.29, 1.82) is 0 Å². The topological polar surface area (TPSA) is 20.2 Å². The van der Waals surface area contributed by atoms with Crippen LogP contribution in [0.15, 0.2) is 30.3 Å². The highest BCUT2D eigenvalue weighted by Gasteiger charge is 2.31. The van der Waals surface area contributed by atoms with Gasteiger partial charge in [0.25, 0.3) is 0 Å². The van der Waals surface area contributed by atoms with Gasteiger partial charge in [0.2, 0.25) is 0 Å². The molecule has 1 rings (SSSR count). The molecular weight excluding hydrogens is 184 g/mol. The highest BCUT2D eigenvalue weighted by molar-refractivity contribution is 5.17. The van der Waals surface area contributed by atoms with Crippen LogP contribution in [0.3, 0.4) is 0 Å². The summed E-state index contributed by atoms with van der Waals surface area (Å²) < 4.78 is 0. The summed E-state index contributed by atoms with van der Waals surface area (Å²) in [7, 11) is 0. The third-order valence-corrected chi connectivity index (χ3v) is 3.69. The maximum atomic E-state index is 9.92. The quantitative estimate of drug-likeness (QED) is 0.782. The second-order valence-electron chi connectivity index (χ2n) is 4.41. The lowest BCUT2D eigenvalue weighted by Gasteiger charge is -2.35. The molecule has 15 heavy (non-hydrogen) atoms. The van der Waals surface area contributed by atoms with E-state index in [0.717, 1.165) is 19.3 Å². The largest absolute Gasteiger partial charge is 0.393 e. The molecule has 1 N–H and O–H groups in total. The Morgan fingerprint density at radius 2 is 1.67 bits per heavy atom. The van der Waals surface area contributed by atoms with Crippen molar-refractivity contribution in [1.82, 2.24) is 0 Å². The minimum Gasteiger partial charge on any atom is -0.393 e. The Hall–Kier alpha value is -0.820. The van der Waals surface area contributed by atoms with E-state index in [2.05, 4.69) is 38.1 Å². The smallest absolute Gasteiger partial charge is 0.0571 e. The maximum Gasteiger partial charge on any atom is 0.0571 e. The standard InChI is InChI=1S/C14H22O/c1-4-14(5-2,12(3)15)11-13-9-7-6-8-10-13/h6-10,12,15H,4-5,11H2,1-3H3. The molecule has 0 aliphatic heterocycles. The normalized spacial score (nSPS) is 13.9. The fourth-order valence-electron chi connectivity index (χ4n) is 2.24. The first kappa shape index (κ1) is 12.3. The molecule has 0 aliphatic rings.